The number of carbonyl (C=O) groups excluding carboxylic acids is 2. The van der Waals surface area contributed by atoms with Gasteiger partial charge >= 0.3 is 0 Å². The first-order chi connectivity index (χ1) is 12.0. The maximum absolute atomic E-state index is 12.5. The fourth-order valence-electron chi connectivity index (χ4n) is 2.60. The van der Waals surface area contributed by atoms with Crippen LogP contribution in [0, 0.1) is 0 Å². The third-order valence-electron chi connectivity index (χ3n) is 3.97. The summed E-state index contributed by atoms with van der Waals surface area (Å²) >= 11 is 0. The Bertz CT molecular complexity index is 687. The molecule has 0 aromatic heterocycles. The second-order valence-electron chi connectivity index (χ2n) is 6.28. The van der Waals surface area contributed by atoms with E-state index in [-0.39, 0.29) is 11.8 Å². The Labute approximate surface area is 148 Å². The molecule has 132 valence electrons. The molecular weight excluding hydrogens is 314 g/mol. The molecule has 0 aliphatic carbocycles. The molecule has 0 aliphatic rings. The van der Waals surface area contributed by atoms with Crippen molar-refractivity contribution in [3.63, 3.8) is 0 Å². The van der Waals surface area contributed by atoms with Crippen molar-refractivity contribution in [2.45, 2.75) is 24.9 Å². The standard InChI is InChI=1S/C20H25N3O2/c1-23(2)20(25)18(14-16-11-7-4-8-12-16)22-19(24)17(21)13-15-9-5-3-6-10-15/h3-12,17-18H,13-14,21H2,1-2H3,(H,22,24)/t17-,18-/m0/s1. The van der Waals surface area contributed by atoms with Crippen LogP contribution in [-0.4, -0.2) is 42.9 Å². The Kier molecular flexibility index (Phi) is 6.71. The largest absolute Gasteiger partial charge is 0.347 e. The van der Waals surface area contributed by atoms with E-state index in [9.17, 15) is 9.59 Å². The van der Waals surface area contributed by atoms with Gasteiger partial charge in [0.15, 0.2) is 0 Å². The smallest absolute Gasteiger partial charge is 0.244 e. The van der Waals surface area contributed by atoms with Crippen molar-refractivity contribution in [2.75, 3.05) is 14.1 Å². The molecule has 5 nitrogen and oxygen atoms in total. The number of likely N-dealkylation sites (N-methyl/N-ethyl adjacent to an activating group) is 1. The predicted molar refractivity (Wildman–Crippen MR) is 98.9 cm³/mol. The van der Waals surface area contributed by atoms with Crippen molar-refractivity contribution in [3.05, 3.63) is 71.8 Å². The van der Waals surface area contributed by atoms with E-state index in [1.165, 1.54) is 4.90 Å². The zero-order valence-corrected chi connectivity index (χ0v) is 14.7. The summed E-state index contributed by atoms with van der Waals surface area (Å²) in [5, 5.41) is 2.81. The van der Waals surface area contributed by atoms with Crippen molar-refractivity contribution in [2.24, 2.45) is 5.73 Å². The lowest BCUT2D eigenvalue weighted by atomic mass is 10.0. The van der Waals surface area contributed by atoms with Crippen LogP contribution in [0.3, 0.4) is 0 Å². The lowest BCUT2D eigenvalue weighted by Gasteiger charge is -2.23. The van der Waals surface area contributed by atoms with Crippen LogP contribution in [-0.2, 0) is 22.4 Å². The fraction of sp³-hybridized carbons (Fsp3) is 0.300. The fourth-order valence-corrected chi connectivity index (χ4v) is 2.60. The van der Waals surface area contributed by atoms with Crippen LogP contribution in [0.25, 0.3) is 0 Å². The van der Waals surface area contributed by atoms with E-state index in [0.29, 0.717) is 12.8 Å². The summed E-state index contributed by atoms with van der Waals surface area (Å²) in [7, 11) is 3.35. The van der Waals surface area contributed by atoms with E-state index in [2.05, 4.69) is 5.32 Å². The van der Waals surface area contributed by atoms with Gasteiger partial charge in [0, 0.05) is 20.5 Å². The van der Waals surface area contributed by atoms with Gasteiger partial charge in [-0.25, -0.2) is 0 Å². The van der Waals surface area contributed by atoms with Crippen molar-refractivity contribution in [3.8, 4) is 0 Å². The Morgan fingerprint density at radius 3 is 1.88 bits per heavy atom. The Morgan fingerprint density at radius 2 is 1.40 bits per heavy atom. The summed E-state index contributed by atoms with van der Waals surface area (Å²) in [6.45, 7) is 0. The molecule has 5 heteroatoms. The lowest BCUT2D eigenvalue weighted by Crippen LogP contribution is -2.52. The van der Waals surface area contributed by atoms with E-state index >= 15 is 0 Å². The van der Waals surface area contributed by atoms with Gasteiger partial charge in [-0.1, -0.05) is 60.7 Å². The zero-order valence-electron chi connectivity index (χ0n) is 14.7. The molecule has 2 rings (SSSR count). The molecule has 0 saturated carbocycles. The van der Waals surface area contributed by atoms with Crippen LogP contribution in [0.1, 0.15) is 11.1 Å². The second-order valence-corrected chi connectivity index (χ2v) is 6.28. The Morgan fingerprint density at radius 1 is 0.920 bits per heavy atom. The Hall–Kier alpha value is -2.66. The van der Waals surface area contributed by atoms with Crippen LogP contribution < -0.4 is 11.1 Å². The number of hydrogen-bond donors (Lipinski definition) is 2. The van der Waals surface area contributed by atoms with Crippen molar-refractivity contribution in [1.82, 2.24) is 10.2 Å². The van der Waals surface area contributed by atoms with Crippen LogP contribution in [0.4, 0.5) is 0 Å². The monoisotopic (exact) mass is 339 g/mol. The number of carbonyl (C=O) groups is 2. The number of hydrogen-bond acceptors (Lipinski definition) is 3. The summed E-state index contributed by atoms with van der Waals surface area (Å²) < 4.78 is 0. The average molecular weight is 339 g/mol. The molecule has 2 aromatic rings. The maximum atomic E-state index is 12.5. The van der Waals surface area contributed by atoms with Gasteiger partial charge in [-0.3, -0.25) is 9.59 Å². The first kappa shape index (κ1) is 18.7. The third kappa shape index (κ3) is 5.72. The number of nitrogens with one attached hydrogen (secondary N) is 1. The minimum absolute atomic E-state index is 0.149. The number of nitrogens with two attached hydrogens (primary N) is 1. The van der Waals surface area contributed by atoms with Gasteiger partial charge in [-0.15, -0.1) is 0 Å². The van der Waals surface area contributed by atoms with Crippen LogP contribution in [0.5, 0.6) is 0 Å². The van der Waals surface area contributed by atoms with E-state index in [1.54, 1.807) is 14.1 Å². The molecule has 0 unspecified atom stereocenters. The molecule has 0 saturated heterocycles. The van der Waals surface area contributed by atoms with Crippen molar-refractivity contribution < 1.29 is 9.59 Å². The lowest BCUT2D eigenvalue weighted by molar-refractivity contribution is -0.134. The molecule has 2 aromatic carbocycles. The molecule has 0 fully saturated rings. The van der Waals surface area contributed by atoms with Crippen molar-refractivity contribution in [1.29, 1.82) is 0 Å². The van der Waals surface area contributed by atoms with Gasteiger partial charge in [0.2, 0.25) is 11.8 Å². The van der Waals surface area contributed by atoms with Gasteiger partial charge in [0.25, 0.3) is 0 Å². The molecule has 2 amide bonds. The summed E-state index contributed by atoms with van der Waals surface area (Å²) in [6, 6.07) is 17.9. The minimum atomic E-state index is -0.698. The number of amides is 2. The van der Waals surface area contributed by atoms with Crippen LogP contribution in [0.15, 0.2) is 60.7 Å². The molecule has 0 heterocycles. The predicted octanol–water partition coefficient (Wildman–Crippen LogP) is 1.37. The van der Waals surface area contributed by atoms with Gasteiger partial charge in [0.1, 0.15) is 6.04 Å². The third-order valence-corrected chi connectivity index (χ3v) is 3.97. The molecule has 2 atom stereocenters. The summed E-state index contributed by atoms with van der Waals surface area (Å²) in [4.78, 5) is 26.4. The molecule has 25 heavy (non-hydrogen) atoms. The van der Waals surface area contributed by atoms with Gasteiger partial charge in [0.05, 0.1) is 6.04 Å². The minimum Gasteiger partial charge on any atom is -0.347 e. The topological polar surface area (TPSA) is 75.4 Å². The molecule has 3 N–H and O–H groups in total. The highest BCUT2D eigenvalue weighted by Crippen LogP contribution is 2.07. The molecule has 0 spiro atoms. The van der Waals surface area contributed by atoms with Gasteiger partial charge in [-0.2, -0.15) is 0 Å². The molecule has 0 radical (unpaired) electrons. The Balaban J connectivity index is 2.04. The van der Waals surface area contributed by atoms with Crippen molar-refractivity contribution >= 4 is 11.8 Å². The number of rotatable bonds is 7. The van der Waals surface area contributed by atoms with Crippen LogP contribution >= 0.6 is 0 Å². The SMILES string of the molecule is CN(C)C(=O)[C@H](Cc1ccccc1)NC(=O)[C@@H](N)Cc1ccccc1. The van der Waals surface area contributed by atoms with Gasteiger partial charge in [-0.05, 0) is 17.5 Å². The highest BCUT2D eigenvalue weighted by Gasteiger charge is 2.25. The van der Waals surface area contributed by atoms with Crippen LogP contribution in [0.2, 0.25) is 0 Å². The zero-order chi connectivity index (χ0) is 18.2. The van der Waals surface area contributed by atoms with E-state index in [1.807, 2.05) is 60.7 Å². The average Bonchev–Trinajstić information content (AvgIpc) is 2.62. The van der Waals surface area contributed by atoms with Gasteiger partial charge < -0.3 is 16.0 Å². The molecule has 0 aliphatic heterocycles. The first-order valence-corrected chi connectivity index (χ1v) is 8.32. The quantitative estimate of drug-likeness (QED) is 0.800. The summed E-state index contributed by atoms with van der Waals surface area (Å²) in [5.74, 6) is -0.468. The summed E-state index contributed by atoms with van der Waals surface area (Å²) in [5.41, 5.74) is 8.01. The molecule has 0 bridgehead atoms. The van der Waals surface area contributed by atoms with E-state index in [0.717, 1.165) is 11.1 Å². The number of nitrogens with zero attached hydrogens (tertiary/aromatic N) is 1. The highest BCUT2D eigenvalue weighted by molar-refractivity contribution is 5.89. The second kappa shape index (κ2) is 8.99. The van der Waals surface area contributed by atoms with E-state index < -0.39 is 12.1 Å². The molecular formula is C20H25N3O2. The van der Waals surface area contributed by atoms with E-state index in [4.69, 9.17) is 5.73 Å². The first-order valence-electron chi connectivity index (χ1n) is 8.32. The maximum Gasteiger partial charge on any atom is 0.244 e. The highest BCUT2D eigenvalue weighted by atomic mass is 16.2. The summed E-state index contributed by atoms with van der Waals surface area (Å²) in [6.07, 6.45) is 0.864. The number of benzene rings is 2. The normalized spacial score (nSPS) is 12.9.